The molecule has 1 aliphatic rings. The largest absolute Gasteiger partial charge is 0.353 e. The zero-order valence-corrected chi connectivity index (χ0v) is 20.1. The van der Waals surface area contributed by atoms with E-state index in [1.54, 1.807) is 37.5 Å². The zero-order valence-electron chi connectivity index (χ0n) is 19.3. The summed E-state index contributed by atoms with van der Waals surface area (Å²) in [6, 6.07) is 20.3. The predicted molar refractivity (Wildman–Crippen MR) is 138 cm³/mol. The van der Waals surface area contributed by atoms with Gasteiger partial charge < -0.3 is 16.0 Å². The summed E-state index contributed by atoms with van der Waals surface area (Å²) in [4.78, 5) is 30.0. The van der Waals surface area contributed by atoms with Crippen LogP contribution in [0.3, 0.4) is 0 Å². The molecule has 7 nitrogen and oxygen atoms in total. The van der Waals surface area contributed by atoms with Gasteiger partial charge in [-0.2, -0.15) is 5.26 Å². The number of pyridine rings is 1. The number of nitriles is 1. The number of aromatic nitrogens is 1. The van der Waals surface area contributed by atoms with Crippen LogP contribution in [0, 0.1) is 17.1 Å². The van der Waals surface area contributed by atoms with Crippen LogP contribution in [0.5, 0.6) is 0 Å². The molecule has 1 atom stereocenters. The van der Waals surface area contributed by atoms with Gasteiger partial charge in [-0.15, -0.1) is 0 Å². The summed E-state index contributed by atoms with van der Waals surface area (Å²) in [6.07, 6.45) is 3.25. The Morgan fingerprint density at radius 1 is 1.06 bits per heavy atom. The number of dihydropyridines is 1. The Morgan fingerprint density at radius 3 is 2.44 bits per heavy atom. The minimum Gasteiger partial charge on any atom is -0.353 e. The first-order chi connectivity index (χ1) is 17.5. The fourth-order valence-corrected chi connectivity index (χ4v) is 4.69. The Hall–Kier alpha value is -4.42. The Bertz CT molecular complexity index is 1370. The molecule has 4 rings (SSSR count). The molecule has 0 unspecified atom stereocenters. The highest BCUT2D eigenvalue weighted by molar-refractivity contribution is 8.03. The minimum absolute atomic E-state index is 0.00345. The molecule has 1 aromatic heterocycles. The first-order valence-corrected chi connectivity index (χ1v) is 12.0. The van der Waals surface area contributed by atoms with Crippen molar-refractivity contribution in [2.24, 2.45) is 0 Å². The van der Waals surface area contributed by atoms with Gasteiger partial charge in [0.2, 0.25) is 5.91 Å². The number of anilines is 2. The van der Waals surface area contributed by atoms with Gasteiger partial charge in [0.25, 0.3) is 5.91 Å². The number of rotatable bonds is 7. The molecule has 180 valence electrons. The van der Waals surface area contributed by atoms with Gasteiger partial charge >= 0.3 is 0 Å². The summed E-state index contributed by atoms with van der Waals surface area (Å²) in [5, 5.41) is 19.4. The van der Waals surface area contributed by atoms with E-state index in [2.05, 4.69) is 27.0 Å². The van der Waals surface area contributed by atoms with E-state index in [1.807, 2.05) is 24.3 Å². The van der Waals surface area contributed by atoms with Crippen molar-refractivity contribution < 1.29 is 14.0 Å². The first-order valence-electron chi connectivity index (χ1n) is 11.0. The lowest BCUT2D eigenvalue weighted by Crippen LogP contribution is -2.31. The molecule has 0 saturated heterocycles. The number of allylic oxidation sites excluding steroid dienone is 2. The quantitative estimate of drug-likeness (QED) is 0.426. The fourth-order valence-electron chi connectivity index (χ4n) is 3.80. The molecular weight excluding hydrogens is 477 g/mol. The molecule has 0 aliphatic carbocycles. The van der Waals surface area contributed by atoms with Crippen molar-refractivity contribution in [2.45, 2.75) is 12.8 Å². The van der Waals surface area contributed by atoms with Gasteiger partial charge in [-0.05, 0) is 55.0 Å². The van der Waals surface area contributed by atoms with Gasteiger partial charge in [0, 0.05) is 35.0 Å². The first kappa shape index (κ1) is 24.7. The Balaban J connectivity index is 1.60. The van der Waals surface area contributed by atoms with Crippen LogP contribution in [-0.2, 0) is 9.59 Å². The number of halogens is 1. The monoisotopic (exact) mass is 499 g/mol. The molecule has 3 aromatic rings. The number of nitrogens with one attached hydrogen (secondary N) is 3. The third-order valence-electron chi connectivity index (χ3n) is 5.42. The van der Waals surface area contributed by atoms with Crippen molar-refractivity contribution in [2.75, 3.05) is 16.4 Å². The van der Waals surface area contributed by atoms with E-state index in [4.69, 9.17) is 0 Å². The van der Waals surface area contributed by atoms with Gasteiger partial charge in [0.15, 0.2) is 0 Å². The number of nitrogens with zero attached hydrogens (tertiary/aromatic N) is 2. The van der Waals surface area contributed by atoms with Crippen LogP contribution in [0.1, 0.15) is 18.4 Å². The van der Waals surface area contributed by atoms with Gasteiger partial charge in [0.1, 0.15) is 5.82 Å². The summed E-state index contributed by atoms with van der Waals surface area (Å²) in [5.74, 6) is -1.72. The molecule has 1 aliphatic heterocycles. The highest BCUT2D eigenvalue weighted by atomic mass is 32.2. The molecule has 2 amide bonds. The maximum atomic E-state index is 13.4. The van der Waals surface area contributed by atoms with Gasteiger partial charge in [-0.3, -0.25) is 14.6 Å². The predicted octanol–water partition coefficient (Wildman–Crippen LogP) is 4.93. The van der Waals surface area contributed by atoms with E-state index in [0.717, 1.165) is 11.8 Å². The molecule has 36 heavy (non-hydrogen) atoms. The van der Waals surface area contributed by atoms with Crippen molar-refractivity contribution in [3.05, 3.63) is 112 Å². The van der Waals surface area contributed by atoms with Crippen LogP contribution in [-0.4, -0.2) is 22.6 Å². The number of hydrogen-bond donors (Lipinski definition) is 3. The van der Waals surface area contributed by atoms with Gasteiger partial charge in [-0.25, -0.2) is 4.39 Å². The lowest BCUT2D eigenvalue weighted by molar-refractivity contribution is -0.114. The summed E-state index contributed by atoms with van der Waals surface area (Å²) in [5.41, 5.74) is 3.06. The molecule has 0 fully saturated rings. The second-order valence-corrected chi connectivity index (χ2v) is 8.89. The number of benzene rings is 2. The highest BCUT2D eigenvalue weighted by Gasteiger charge is 2.35. The molecule has 0 radical (unpaired) electrons. The lowest BCUT2D eigenvalue weighted by atomic mass is 9.83. The fraction of sp³-hybridized carbons (Fsp3) is 0.111. The average molecular weight is 500 g/mol. The van der Waals surface area contributed by atoms with Crippen molar-refractivity contribution in [1.29, 1.82) is 5.26 Å². The summed E-state index contributed by atoms with van der Waals surface area (Å²) >= 11 is 1.15. The second-order valence-electron chi connectivity index (χ2n) is 7.90. The van der Waals surface area contributed by atoms with Crippen molar-refractivity contribution in [1.82, 2.24) is 10.3 Å². The van der Waals surface area contributed by atoms with Crippen LogP contribution in [0.4, 0.5) is 15.8 Å². The van der Waals surface area contributed by atoms with E-state index in [-0.39, 0.29) is 17.6 Å². The van der Waals surface area contributed by atoms with Crippen LogP contribution in [0.15, 0.2) is 101 Å². The molecule has 0 saturated carbocycles. The Morgan fingerprint density at radius 2 is 1.78 bits per heavy atom. The van der Waals surface area contributed by atoms with E-state index >= 15 is 0 Å². The van der Waals surface area contributed by atoms with Gasteiger partial charge in [0.05, 0.1) is 28.3 Å². The molecule has 2 aromatic carbocycles. The maximum absolute atomic E-state index is 13.4. The Labute approximate surface area is 212 Å². The van der Waals surface area contributed by atoms with Crippen molar-refractivity contribution in [3.8, 4) is 6.07 Å². The molecule has 2 heterocycles. The van der Waals surface area contributed by atoms with E-state index in [9.17, 15) is 19.2 Å². The molecule has 9 heteroatoms. The normalized spacial score (nSPS) is 15.1. The lowest BCUT2D eigenvalue weighted by Gasteiger charge is -2.29. The van der Waals surface area contributed by atoms with Crippen LogP contribution >= 0.6 is 11.8 Å². The SMILES string of the molecule is CC1=C(C(=O)Nc2ccccc2)[C@H](c2cccnc2)C(C#N)=C(SCC(=O)Nc2ccc(F)cc2)N1. The standard InChI is InChI=1S/C27H22FN5O2S/c1-17-24(26(35)33-20-7-3-2-4-8-20)25(18-6-5-13-30-15-18)22(14-29)27(31-17)36-16-23(34)32-21-11-9-19(28)10-12-21/h2-13,15,25,31H,16H2,1H3,(H,32,34)(H,33,35)/t25-/m1/s1. The minimum atomic E-state index is -0.670. The van der Waals surface area contributed by atoms with Crippen LogP contribution in [0.25, 0.3) is 0 Å². The second kappa shape index (κ2) is 11.3. The van der Waals surface area contributed by atoms with Crippen molar-refractivity contribution in [3.63, 3.8) is 0 Å². The number of amides is 2. The Kier molecular flexibility index (Phi) is 7.78. The smallest absolute Gasteiger partial charge is 0.254 e. The maximum Gasteiger partial charge on any atom is 0.254 e. The van der Waals surface area contributed by atoms with Crippen LogP contribution < -0.4 is 16.0 Å². The summed E-state index contributed by atoms with van der Waals surface area (Å²) in [6.45, 7) is 1.76. The van der Waals surface area contributed by atoms with E-state index in [1.165, 1.54) is 24.3 Å². The third kappa shape index (κ3) is 5.79. The van der Waals surface area contributed by atoms with Gasteiger partial charge in [-0.1, -0.05) is 36.0 Å². The highest BCUT2D eigenvalue weighted by Crippen LogP contribution is 2.40. The number of para-hydroxylation sites is 1. The molecule has 0 bridgehead atoms. The van der Waals surface area contributed by atoms with E-state index in [0.29, 0.717) is 38.8 Å². The molecular formula is C27H22FN5O2S. The third-order valence-corrected chi connectivity index (χ3v) is 6.43. The zero-order chi connectivity index (χ0) is 25.5. The number of carbonyl (C=O) groups excluding carboxylic acids is 2. The van der Waals surface area contributed by atoms with Crippen molar-refractivity contribution >= 4 is 35.0 Å². The number of carbonyl (C=O) groups is 2. The molecule has 0 spiro atoms. The molecule has 3 N–H and O–H groups in total. The number of thioether (sulfide) groups is 1. The summed E-state index contributed by atoms with van der Waals surface area (Å²) < 4.78 is 13.1. The summed E-state index contributed by atoms with van der Waals surface area (Å²) in [7, 11) is 0. The number of hydrogen-bond acceptors (Lipinski definition) is 6. The topological polar surface area (TPSA) is 107 Å². The van der Waals surface area contributed by atoms with E-state index < -0.39 is 11.7 Å². The van der Waals surface area contributed by atoms with Crippen LogP contribution in [0.2, 0.25) is 0 Å². The average Bonchev–Trinajstić information content (AvgIpc) is 2.89.